The number of Topliss-reactive ketones (excluding diaryl/α,β-unsaturated/α-hetero) is 1. The summed E-state index contributed by atoms with van der Waals surface area (Å²) >= 11 is 1.40. The Kier molecular flexibility index (Phi) is 8.94. The van der Waals surface area contributed by atoms with Crippen molar-refractivity contribution in [3.05, 3.63) is 10.6 Å². The van der Waals surface area contributed by atoms with Gasteiger partial charge in [0.25, 0.3) is 0 Å². The lowest BCUT2D eigenvalue weighted by molar-refractivity contribution is -0.160. The van der Waals surface area contributed by atoms with Crippen LogP contribution in [0.1, 0.15) is 40.0 Å². The van der Waals surface area contributed by atoms with Gasteiger partial charge in [0.15, 0.2) is 0 Å². The van der Waals surface area contributed by atoms with E-state index in [4.69, 9.17) is 5.11 Å². The summed E-state index contributed by atoms with van der Waals surface area (Å²) in [5.41, 5.74) is 0.0190. The zero-order chi connectivity index (χ0) is 25.9. The minimum atomic E-state index is -1.15. The molecule has 11 nitrogen and oxygen atoms in total. The van der Waals surface area contributed by atoms with Crippen LogP contribution in [0.15, 0.2) is 10.6 Å². The lowest BCUT2D eigenvalue weighted by Gasteiger charge is -2.47. The molecule has 0 spiro atoms. The molecule has 194 valence electrons. The SMILES string of the molecule is CC(=O)C[C@H](C)[C@H]1C(=O)N2C(C(=O)O)=C(SC3CNC(C(=O)NCCC(=O)NCCO)C3)[C@H](C)[C@@H]12. The zero-order valence-corrected chi connectivity index (χ0v) is 21.0. The number of aliphatic hydroxyl groups is 1. The molecule has 3 heterocycles. The van der Waals surface area contributed by atoms with Gasteiger partial charge in [0.05, 0.1) is 24.6 Å². The highest BCUT2D eigenvalue weighted by Gasteiger charge is 2.60. The lowest BCUT2D eigenvalue weighted by atomic mass is 9.73. The highest BCUT2D eigenvalue weighted by molar-refractivity contribution is 8.03. The van der Waals surface area contributed by atoms with Gasteiger partial charge in [-0.1, -0.05) is 13.8 Å². The third-order valence-electron chi connectivity index (χ3n) is 6.80. The van der Waals surface area contributed by atoms with E-state index in [-0.39, 0.29) is 90.8 Å². The van der Waals surface area contributed by atoms with E-state index < -0.39 is 12.0 Å². The van der Waals surface area contributed by atoms with Crippen molar-refractivity contribution in [1.29, 1.82) is 0 Å². The first-order valence-corrected chi connectivity index (χ1v) is 12.8. The fourth-order valence-electron chi connectivity index (χ4n) is 5.23. The number of rotatable bonds is 12. The summed E-state index contributed by atoms with van der Waals surface area (Å²) in [6, 6.07) is -0.725. The highest BCUT2D eigenvalue weighted by Crippen LogP contribution is 2.53. The number of hydrogen-bond donors (Lipinski definition) is 5. The fourth-order valence-corrected chi connectivity index (χ4v) is 6.70. The quantitative estimate of drug-likeness (QED) is 0.217. The second-order valence-electron chi connectivity index (χ2n) is 9.47. The van der Waals surface area contributed by atoms with Crippen molar-refractivity contribution >= 4 is 41.2 Å². The van der Waals surface area contributed by atoms with Crippen LogP contribution < -0.4 is 16.0 Å². The van der Waals surface area contributed by atoms with Crippen LogP contribution in [0.3, 0.4) is 0 Å². The Morgan fingerprint density at radius 1 is 1.23 bits per heavy atom. The van der Waals surface area contributed by atoms with Crippen LogP contribution in [0.5, 0.6) is 0 Å². The first kappa shape index (κ1) is 27.2. The van der Waals surface area contributed by atoms with E-state index in [1.165, 1.54) is 23.6 Å². The molecular weight excluding hydrogens is 476 g/mol. The summed E-state index contributed by atoms with van der Waals surface area (Å²) < 4.78 is 0. The van der Waals surface area contributed by atoms with Gasteiger partial charge < -0.3 is 35.9 Å². The fraction of sp³-hybridized carbons (Fsp3) is 0.696. The number of ketones is 1. The Bertz CT molecular complexity index is 924. The predicted octanol–water partition coefficient (Wildman–Crippen LogP) is -0.547. The van der Waals surface area contributed by atoms with Crippen LogP contribution in [-0.4, -0.2) is 88.2 Å². The smallest absolute Gasteiger partial charge is 0.353 e. The summed E-state index contributed by atoms with van der Waals surface area (Å²) in [5, 5.41) is 26.9. The third kappa shape index (κ3) is 5.87. The number of nitrogens with one attached hydrogen (secondary N) is 3. The maximum absolute atomic E-state index is 12.9. The van der Waals surface area contributed by atoms with E-state index in [1.54, 1.807) is 0 Å². The van der Waals surface area contributed by atoms with E-state index in [9.17, 15) is 29.1 Å². The summed E-state index contributed by atoms with van der Waals surface area (Å²) in [6.45, 7) is 5.98. The van der Waals surface area contributed by atoms with E-state index in [1.807, 2.05) is 13.8 Å². The number of aliphatic carboxylic acids is 1. The zero-order valence-electron chi connectivity index (χ0n) is 20.2. The molecule has 3 rings (SSSR count). The van der Waals surface area contributed by atoms with E-state index in [0.29, 0.717) is 17.9 Å². The molecule has 0 saturated carbocycles. The molecule has 12 heteroatoms. The van der Waals surface area contributed by atoms with Crippen LogP contribution in [-0.2, 0) is 24.0 Å². The molecule has 6 atom stereocenters. The number of aliphatic hydroxyl groups excluding tert-OH is 1. The first-order valence-electron chi connectivity index (χ1n) is 11.9. The number of carboxylic acid groups (broad SMARTS) is 1. The Hall–Kier alpha value is -2.44. The minimum absolute atomic E-state index is 0.00236. The molecule has 0 radical (unpaired) electrons. The van der Waals surface area contributed by atoms with Gasteiger partial charge >= 0.3 is 5.97 Å². The molecule has 3 amide bonds. The summed E-state index contributed by atoms with van der Waals surface area (Å²) in [6.07, 6.45) is 0.876. The van der Waals surface area contributed by atoms with Crippen molar-refractivity contribution in [1.82, 2.24) is 20.9 Å². The number of nitrogens with zero attached hydrogens (tertiary/aromatic N) is 1. The van der Waals surface area contributed by atoms with Gasteiger partial charge in [-0.3, -0.25) is 14.4 Å². The summed E-state index contributed by atoms with van der Waals surface area (Å²) in [4.78, 5) is 62.6. The number of carbonyl (C=O) groups is 5. The molecule has 0 aromatic carbocycles. The van der Waals surface area contributed by atoms with Gasteiger partial charge in [-0.25, -0.2) is 4.79 Å². The Morgan fingerprint density at radius 3 is 2.57 bits per heavy atom. The van der Waals surface area contributed by atoms with E-state index in [0.717, 1.165) is 0 Å². The van der Waals surface area contributed by atoms with Crippen molar-refractivity contribution in [3.8, 4) is 0 Å². The molecule has 3 aliphatic heterocycles. The van der Waals surface area contributed by atoms with E-state index >= 15 is 0 Å². The van der Waals surface area contributed by atoms with Crippen molar-refractivity contribution in [2.45, 2.75) is 57.4 Å². The average Bonchev–Trinajstić information content (AvgIpc) is 3.34. The number of carboxylic acids is 1. The molecule has 0 bridgehead atoms. The number of amides is 3. The van der Waals surface area contributed by atoms with Crippen LogP contribution in [0.2, 0.25) is 0 Å². The molecule has 2 fully saturated rings. The third-order valence-corrected chi connectivity index (χ3v) is 8.31. The molecule has 35 heavy (non-hydrogen) atoms. The number of fused-ring (bicyclic) bond motifs is 1. The average molecular weight is 511 g/mol. The molecule has 2 saturated heterocycles. The van der Waals surface area contributed by atoms with Crippen LogP contribution in [0, 0.1) is 17.8 Å². The topological polar surface area (TPSA) is 165 Å². The second kappa shape index (κ2) is 11.5. The molecule has 3 aliphatic rings. The molecule has 2 unspecified atom stereocenters. The van der Waals surface area contributed by atoms with Crippen molar-refractivity contribution in [3.63, 3.8) is 0 Å². The first-order chi connectivity index (χ1) is 16.6. The van der Waals surface area contributed by atoms with Gasteiger partial charge in [-0.2, -0.15) is 0 Å². The van der Waals surface area contributed by atoms with Crippen molar-refractivity contribution in [2.24, 2.45) is 17.8 Å². The van der Waals surface area contributed by atoms with Crippen LogP contribution in [0.25, 0.3) is 0 Å². The molecule has 5 N–H and O–H groups in total. The molecule has 0 aromatic rings. The lowest BCUT2D eigenvalue weighted by Crippen LogP contribution is -2.62. The van der Waals surface area contributed by atoms with Crippen molar-refractivity contribution in [2.75, 3.05) is 26.2 Å². The molecule has 0 aliphatic carbocycles. The minimum Gasteiger partial charge on any atom is -0.477 e. The number of β-lactam (4-membered cyclic amide) rings is 1. The maximum Gasteiger partial charge on any atom is 0.353 e. The van der Waals surface area contributed by atoms with Gasteiger partial charge in [0.2, 0.25) is 17.7 Å². The Balaban J connectivity index is 1.58. The van der Waals surface area contributed by atoms with Gasteiger partial charge in [-0.05, 0) is 19.3 Å². The van der Waals surface area contributed by atoms with Crippen LogP contribution in [0.4, 0.5) is 0 Å². The standard InChI is InChI=1S/C23H34N4O7S/c1-11(8-12(2)29)17-18-13(3)20(19(23(33)34)27(18)22(17)32)35-14-9-15(26-10-14)21(31)25-5-4-16(30)24-6-7-28/h11,13-15,17-18,26,28H,4-10H2,1-3H3,(H,24,30)(H,25,31)(H,33,34)/t11-,13+,14?,15?,17+,18-/m0/s1. The Labute approximate surface area is 208 Å². The normalized spacial score (nSPS) is 28.4. The number of hydrogen-bond acceptors (Lipinski definition) is 8. The summed E-state index contributed by atoms with van der Waals surface area (Å²) in [5.74, 6) is -2.58. The predicted molar refractivity (Wildman–Crippen MR) is 128 cm³/mol. The number of carbonyl (C=O) groups excluding carboxylic acids is 4. The van der Waals surface area contributed by atoms with Crippen LogP contribution >= 0.6 is 11.8 Å². The van der Waals surface area contributed by atoms with Gasteiger partial charge in [0, 0.05) is 48.5 Å². The second-order valence-corrected chi connectivity index (χ2v) is 10.8. The Morgan fingerprint density at radius 2 is 1.94 bits per heavy atom. The van der Waals surface area contributed by atoms with Gasteiger partial charge in [-0.15, -0.1) is 11.8 Å². The van der Waals surface area contributed by atoms with Crippen molar-refractivity contribution < 1.29 is 34.2 Å². The maximum atomic E-state index is 12.9. The summed E-state index contributed by atoms with van der Waals surface area (Å²) in [7, 11) is 0. The highest BCUT2D eigenvalue weighted by atomic mass is 32.2. The molecule has 0 aromatic heterocycles. The van der Waals surface area contributed by atoms with Gasteiger partial charge in [0.1, 0.15) is 11.5 Å². The number of thioether (sulfide) groups is 1. The van der Waals surface area contributed by atoms with E-state index in [2.05, 4.69) is 16.0 Å². The molecular formula is C23H34N4O7S. The largest absolute Gasteiger partial charge is 0.477 e. The monoisotopic (exact) mass is 510 g/mol.